The van der Waals surface area contributed by atoms with Crippen LogP contribution in [0.2, 0.25) is 0 Å². The number of methoxy groups -OCH3 is 1. The van der Waals surface area contributed by atoms with Gasteiger partial charge in [-0.3, -0.25) is 9.69 Å². The van der Waals surface area contributed by atoms with E-state index in [9.17, 15) is 9.18 Å². The van der Waals surface area contributed by atoms with Gasteiger partial charge >= 0.3 is 0 Å². The fraction of sp³-hybridized carbons (Fsp3) is 0.435. The summed E-state index contributed by atoms with van der Waals surface area (Å²) in [6.45, 7) is 2.22. The van der Waals surface area contributed by atoms with Crippen LogP contribution in [0.4, 0.5) is 4.39 Å². The van der Waals surface area contributed by atoms with Gasteiger partial charge in [0.25, 0.3) is 0 Å². The summed E-state index contributed by atoms with van der Waals surface area (Å²) in [7, 11) is 1.66. The van der Waals surface area contributed by atoms with E-state index in [1.807, 2.05) is 41.3 Å². The van der Waals surface area contributed by atoms with E-state index < -0.39 is 5.54 Å². The summed E-state index contributed by atoms with van der Waals surface area (Å²) in [5.74, 6) is 1.13. The van der Waals surface area contributed by atoms with E-state index in [1.54, 1.807) is 13.2 Å². The fourth-order valence-electron chi connectivity index (χ4n) is 5.75. The predicted molar refractivity (Wildman–Crippen MR) is 104 cm³/mol. The van der Waals surface area contributed by atoms with Crippen LogP contribution >= 0.6 is 0 Å². The van der Waals surface area contributed by atoms with Gasteiger partial charge in [0.15, 0.2) is 0 Å². The number of nitrogens with zero attached hydrogens (tertiary/aromatic N) is 2. The number of hydrogen-bond donors (Lipinski definition) is 0. The Hall–Kier alpha value is -2.40. The van der Waals surface area contributed by atoms with Crippen molar-refractivity contribution in [3.8, 4) is 5.75 Å². The monoisotopic (exact) mass is 380 g/mol. The molecule has 0 aromatic heterocycles. The Morgan fingerprint density at radius 1 is 1.21 bits per heavy atom. The molecule has 0 saturated carbocycles. The Balaban J connectivity index is 1.42. The standard InChI is InChI=1S/C23H25FN2O2/c1-28-18-7-4-6-16(12-18)14-25-15-17-13-21(19-8-2-3-9-20(19)24)26-11-5-10-23(17,26)22(25)27/h2-4,6-9,12,17,21H,5,10-11,13-15H2,1H3/t17-,21-,23-/m0/s1. The fourth-order valence-corrected chi connectivity index (χ4v) is 5.75. The number of carbonyl (C=O) groups is 1. The molecule has 5 rings (SSSR count). The first-order chi connectivity index (χ1) is 13.6. The number of amides is 1. The highest BCUT2D eigenvalue weighted by atomic mass is 19.1. The maximum absolute atomic E-state index is 14.5. The molecule has 3 atom stereocenters. The molecule has 0 N–H and O–H groups in total. The molecule has 1 spiro atoms. The molecule has 0 bridgehead atoms. The van der Waals surface area contributed by atoms with E-state index in [0.29, 0.717) is 6.54 Å². The van der Waals surface area contributed by atoms with E-state index in [4.69, 9.17) is 4.74 Å². The van der Waals surface area contributed by atoms with Gasteiger partial charge in [0, 0.05) is 30.6 Å². The van der Waals surface area contributed by atoms with Gasteiger partial charge in [-0.2, -0.15) is 0 Å². The summed E-state index contributed by atoms with van der Waals surface area (Å²) in [6, 6.07) is 15.0. The minimum Gasteiger partial charge on any atom is -0.497 e. The zero-order chi connectivity index (χ0) is 19.3. The van der Waals surface area contributed by atoms with Crippen molar-refractivity contribution < 1.29 is 13.9 Å². The summed E-state index contributed by atoms with van der Waals surface area (Å²) in [5, 5.41) is 0. The summed E-state index contributed by atoms with van der Waals surface area (Å²) in [4.78, 5) is 17.9. The summed E-state index contributed by atoms with van der Waals surface area (Å²) in [5.41, 5.74) is 1.39. The minimum absolute atomic E-state index is 0.0108. The number of hydrogen-bond acceptors (Lipinski definition) is 3. The van der Waals surface area contributed by atoms with Crippen molar-refractivity contribution in [2.75, 3.05) is 20.2 Å². The lowest BCUT2D eigenvalue weighted by molar-refractivity contribution is -0.137. The normalized spacial score (nSPS) is 29.2. The average molecular weight is 380 g/mol. The molecule has 5 heteroatoms. The number of halogens is 1. The molecule has 1 amide bonds. The first-order valence-corrected chi connectivity index (χ1v) is 10.1. The molecule has 3 fully saturated rings. The minimum atomic E-state index is -0.439. The third kappa shape index (κ3) is 2.49. The third-order valence-electron chi connectivity index (χ3n) is 6.90. The second-order valence-corrected chi connectivity index (χ2v) is 8.23. The van der Waals surface area contributed by atoms with Crippen molar-refractivity contribution in [1.82, 2.24) is 9.80 Å². The second-order valence-electron chi connectivity index (χ2n) is 8.23. The van der Waals surface area contributed by atoms with Crippen molar-refractivity contribution in [3.05, 3.63) is 65.5 Å². The smallest absolute Gasteiger partial charge is 0.243 e. The number of rotatable bonds is 4. The molecular weight excluding hydrogens is 355 g/mol. The third-order valence-corrected chi connectivity index (χ3v) is 6.90. The highest BCUT2D eigenvalue weighted by Crippen LogP contribution is 2.56. The molecule has 28 heavy (non-hydrogen) atoms. The van der Waals surface area contributed by atoms with Gasteiger partial charge in [0.2, 0.25) is 5.91 Å². The van der Waals surface area contributed by atoms with Gasteiger partial charge in [-0.1, -0.05) is 30.3 Å². The van der Waals surface area contributed by atoms with Crippen LogP contribution in [-0.4, -0.2) is 41.4 Å². The van der Waals surface area contributed by atoms with Gasteiger partial charge in [0.05, 0.1) is 7.11 Å². The lowest BCUT2D eigenvalue weighted by atomic mass is 9.85. The Morgan fingerprint density at radius 2 is 2.07 bits per heavy atom. The van der Waals surface area contributed by atoms with E-state index in [1.165, 1.54) is 6.07 Å². The van der Waals surface area contributed by atoms with Crippen LogP contribution in [0, 0.1) is 11.7 Å². The maximum atomic E-state index is 14.5. The highest BCUT2D eigenvalue weighted by Gasteiger charge is 2.65. The molecule has 3 saturated heterocycles. The molecule has 0 radical (unpaired) electrons. The van der Waals surface area contributed by atoms with Crippen LogP contribution in [0.3, 0.4) is 0 Å². The van der Waals surface area contributed by atoms with Gasteiger partial charge in [0.1, 0.15) is 17.1 Å². The number of carbonyl (C=O) groups excluding carboxylic acids is 1. The molecule has 3 heterocycles. The topological polar surface area (TPSA) is 32.8 Å². The van der Waals surface area contributed by atoms with E-state index >= 15 is 0 Å². The summed E-state index contributed by atoms with van der Waals surface area (Å²) < 4.78 is 19.8. The number of likely N-dealkylation sites (tertiary alicyclic amines) is 1. The largest absolute Gasteiger partial charge is 0.497 e. The lowest BCUT2D eigenvalue weighted by Crippen LogP contribution is -2.49. The molecule has 3 aliphatic heterocycles. The molecule has 2 aromatic carbocycles. The van der Waals surface area contributed by atoms with Crippen LogP contribution in [0.25, 0.3) is 0 Å². The first kappa shape index (κ1) is 17.7. The molecule has 3 aliphatic rings. The Bertz CT molecular complexity index is 917. The van der Waals surface area contributed by atoms with Crippen molar-refractivity contribution in [1.29, 1.82) is 0 Å². The zero-order valence-corrected chi connectivity index (χ0v) is 16.1. The Kier molecular flexibility index (Phi) is 4.16. The van der Waals surface area contributed by atoms with Crippen molar-refractivity contribution in [3.63, 3.8) is 0 Å². The zero-order valence-electron chi connectivity index (χ0n) is 16.1. The molecular formula is C23H25FN2O2. The van der Waals surface area contributed by atoms with Crippen LogP contribution < -0.4 is 4.74 Å². The van der Waals surface area contributed by atoms with Gasteiger partial charge in [-0.25, -0.2) is 4.39 Å². The highest BCUT2D eigenvalue weighted by molar-refractivity contribution is 5.90. The van der Waals surface area contributed by atoms with Crippen molar-refractivity contribution in [2.24, 2.45) is 5.92 Å². The quantitative estimate of drug-likeness (QED) is 0.809. The van der Waals surface area contributed by atoms with Crippen LogP contribution in [-0.2, 0) is 11.3 Å². The van der Waals surface area contributed by atoms with Crippen molar-refractivity contribution in [2.45, 2.75) is 37.4 Å². The van der Waals surface area contributed by atoms with Crippen LogP contribution in [0.5, 0.6) is 5.75 Å². The maximum Gasteiger partial charge on any atom is 0.243 e. The Morgan fingerprint density at radius 3 is 2.89 bits per heavy atom. The molecule has 146 valence electrons. The van der Waals surface area contributed by atoms with Crippen LogP contribution in [0.15, 0.2) is 48.5 Å². The summed E-state index contributed by atoms with van der Waals surface area (Å²) in [6.07, 6.45) is 2.73. The predicted octanol–water partition coefficient (Wildman–Crippen LogP) is 3.77. The molecule has 4 nitrogen and oxygen atoms in total. The Labute approximate surface area is 164 Å². The van der Waals surface area contributed by atoms with Gasteiger partial charge < -0.3 is 9.64 Å². The number of ether oxygens (including phenoxy) is 1. The molecule has 0 aliphatic carbocycles. The van der Waals surface area contributed by atoms with Gasteiger partial charge in [-0.15, -0.1) is 0 Å². The van der Waals surface area contributed by atoms with Crippen LogP contribution in [0.1, 0.15) is 36.4 Å². The molecule has 2 aromatic rings. The lowest BCUT2D eigenvalue weighted by Gasteiger charge is -2.33. The van der Waals surface area contributed by atoms with E-state index in [2.05, 4.69) is 4.90 Å². The SMILES string of the molecule is COc1cccc(CN2C[C@@H]3C[C@@H](c4ccccc4F)N4CCC[C@@]34C2=O)c1. The van der Waals surface area contributed by atoms with E-state index in [0.717, 1.165) is 49.2 Å². The first-order valence-electron chi connectivity index (χ1n) is 10.1. The van der Waals surface area contributed by atoms with E-state index in [-0.39, 0.29) is 23.7 Å². The second kappa shape index (κ2) is 6.59. The van der Waals surface area contributed by atoms with Gasteiger partial charge in [-0.05, 0) is 49.6 Å². The molecule has 0 unspecified atom stereocenters. The average Bonchev–Trinajstić information content (AvgIpc) is 3.34. The number of benzene rings is 2. The summed E-state index contributed by atoms with van der Waals surface area (Å²) >= 11 is 0. The van der Waals surface area contributed by atoms with Crippen molar-refractivity contribution >= 4 is 5.91 Å².